The van der Waals surface area contributed by atoms with E-state index in [4.69, 9.17) is 39.6 Å². The van der Waals surface area contributed by atoms with E-state index < -0.39 is 41.0 Å². The lowest BCUT2D eigenvalue weighted by Crippen LogP contribution is -2.44. The molecule has 0 bridgehead atoms. The third-order valence-corrected chi connectivity index (χ3v) is 5.60. The van der Waals surface area contributed by atoms with Crippen LogP contribution in [0.3, 0.4) is 0 Å². The first-order valence-corrected chi connectivity index (χ1v) is 10.1. The number of halogens is 9. The van der Waals surface area contributed by atoms with Gasteiger partial charge in [-0.05, 0) is 42.8 Å². The van der Waals surface area contributed by atoms with Gasteiger partial charge in [0.15, 0.2) is 0 Å². The van der Waals surface area contributed by atoms with E-state index >= 15 is 0 Å². The molecule has 0 fully saturated rings. The largest absolute Gasteiger partial charge is 0.429 e. The molecule has 0 spiro atoms. The molecule has 178 valence electrons. The van der Waals surface area contributed by atoms with Crippen LogP contribution < -0.4 is 10.8 Å². The van der Waals surface area contributed by atoms with E-state index in [-0.39, 0.29) is 32.4 Å². The SMILES string of the molecule is Cc1cc(C2=C(Cl)C(c3cc(Cl)cc(Cl)c3)(C(F)(F)F)ON2)ccc1C(=O)NCC(F)(F)F. The normalized spacial score (nSPS) is 19.0. The summed E-state index contributed by atoms with van der Waals surface area (Å²) in [6, 6.07) is 6.93. The maximum absolute atomic E-state index is 14.2. The number of hydrogen-bond donors (Lipinski definition) is 2. The summed E-state index contributed by atoms with van der Waals surface area (Å²) in [7, 11) is 0. The molecule has 33 heavy (non-hydrogen) atoms. The highest BCUT2D eigenvalue weighted by molar-refractivity contribution is 6.35. The molecule has 1 amide bonds. The second kappa shape index (κ2) is 8.90. The van der Waals surface area contributed by atoms with Crippen LogP contribution in [0.1, 0.15) is 27.0 Å². The molecule has 13 heteroatoms. The number of benzene rings is 2. The van der Waals surface area contributed by atoms with Crippen molar-refractivity contribution >= 4 is 46.4 Å². The molecule has 0 radical (unpaired) electrons. The molecule has 2 aromatic carbocycles. The fourth-order valence-electron chi connectivity index (χ4n) is 3.22. The van der Waals surface area contributed by atoms with Gasteiger partial charge in [0.2, 0.25) is 0 Å². The topological polar surface area (TPSA) is 50.4 Å². The van der Waals surface area contributed by atoms with Crippen LogP contribution in [0.25, 0.3) is 5.70 Å². The van der Waals surface area contributed by atoms with E-state index in [1.54, 1.807) is 5.32 Å². The van der Waals surface area contributed by atoms with E-state index in [1.807, 2.05) is 0 Å². The van der Waals surface area contributed by atoms with Crippen LogP contribution in [0.15, 0.2) is 41.4 Å². The second-order valence-corrected chi connectivity index (χ2v) is 8.31. The molecule has 1 atom stereocenters. The van der Waals surface area contributed by atoms with Crippen molar-refractivity contribution in [2.45, 2.75) is 24.9 Å². The van der Waals surface area contributed by atoms with Crippen molar-refractivity contribution in [2.24, 2.45) is 0 Å². The van der Waals surface area contributed by atoms with Gasteiger partial charge in [-0.2, -0.15) is 26.3 Å². The molecule has 2 aromatic rings. The molecule has 2 N–H and O–H groups in total. The van der Waals surface area contributed by atoms with Crippen LogP contribution in [-0.4, -0.2) is 24.8 Å². The minimum atomic E-state index is -5.04. The first kappa shape index (κ1) is 25.5. The molecule has 4 nitrogen and oxygen atoms in total. The minimum Gasteiger partial charge on any atom is -0.343 e. The minimum absolute atomic E-state index is 0.0762. The number of aryl methyl sites for hydroxylation is 1. The quantitative estimate of drug-likeness (QED) is 0.442. The molecule has 1 unspecified atom stereocenters. The maximum Gasteiger partial charge on any atom is 0.429 e. The number of alkyl halides is 6. The maximum atomic E-state index is 14.2. The Kier molecular flexibility index (Phi) is 6.87. The van der Waals surface area contributed by atoms with Crippen LogP contribution in [0, 0.1) is 6.92 Å². The summed E-state index contributed by atoms with van der Waals surface area (Å²) >= 11 is 17.9. The Hall–Kier alpha value is -2.14. The number of hydrogen-bond acceptors (Lipinski definition) is 3. The molecule has 3 rings (SSSR count). The Labute approximate surface area is 198 Å². The summed E-state index contributed by atoms with van der Waals surface area (Å²) in [6.45, 7) is -0.125. The van der Waals surface area contributed by atoms with Crippen molar-refractivity contribution in [3.8, 4) is 0 Å². The van der Waals surface area contributed by atoms with Crippen molar-refractivity contribution in [3.63, 3.8) is 0 Å². The fourth-order valence-corrected chi connectivity index (χ4v) is 4.15. The van der Waals surface area contributed by atoms with Crippen LogP contribution in [0.2, 0.25) is 10.0 Å². The second-order valence-electron chi connectivity index (χ2n) is 7.06. The molecule has 0 saturated heterocycles. The van der Waals surface area contributed by atoms with Gasteiger partial charge in [0.25, 0.3) is 11.5 Å². The van der Waals surface area contributed by atoms with Crippen LogP contribution in [0.4, 0.5) is 26.3 Å². The molecule has 1 aliphatic rings. The van der Waals surface area contributed by atoms with Gasteiger partial charge in [-0.1, -0.05) is 40.9 Å². The van der Waals surface area contributed by atoms with Crippen molar-refractivity contribution < 1.29 is 36.0 Å². The van der Waals surface area contributed by atoms with Crippen molar-refractivity contribution in [1.82, 2.24) is 10.8 Å². The average Bonchev–Trinajstić information content (AvgIpc) is 3.03. The highest BCUT2D eigenvalue weighted by Gasteiger charge is 2.64. The smallest absolute Gasteiger partial charge is 0.343 e. The van der Waals surface area contributed by atoms with Gasteiger partial charge in [-0.25, -0.2) is 4.84 Å². The monoisotopic (exact) mass is 532 g/mol. The van der Waals surface area contributed by atoms with Crippen LogP contribution in [0.5, 0.6) is 0 Å². The molecule has 0 aromatic heterocycles. The van der Waals surface area contributed by atoms with Crippen molar-refractivity contribution in [3.05, 3.63) is 73.7 Å². The zero-order valence-electron chi connectivity index (χ0n) is 16.4. The number of nitrogens with one attached hydrogen (secondary N) is 2. The zero-order chi connectivity index (χ0) is 24.8. The third kappa shape index (κ3) is 5.03. The summed E-state index contributed by atoms with van der Waals surface area (Å²) in [4.78, 5) is 17.0. The number of hydroxylamine groups is 1. The molecule has 0 saturated carbocycles. The summed E-state index contributed by atoms with van der Waals surface area (Å²) in [5.74, 6) is -0.995. The number of carbonyl (C=O) groups excluding carboxylic acids is 1. The first-order valence-electron chi connectivity index (χ1n) is 8.99. The lowest BCUT2D eigenvalue weighted by Gasteiger charge is -2.30. The average molecular weight is 534 g/mol. The summed E-state index contributed by atoms with van der Waals surface area (Å²) in [5.41, 5.74) is -1.48. The van der Waals surface area contributed by atoms with Gasteiger partial charge in [0, 0.05) is 26.7 Å². The van der Waals surface area contributed by atoms with E-state index in [9.17, 15) is 31.1 Å². The predicted molar refractivity (Wildman–Crippen MR) is 111 cm³/mol. The standard InChI is InChI=1S/C20H13Cl3F6N2O2/c1-9-4-10(2-3-14(9)17(32)30-8-18(24,25)26)15-16(23)19(33-31-15,20(27,28)29)11-5-12(21)7-13(22)6-11/h2-7,31H,8H2,1H3,(H,30,32). The Morgan fingerprint density at radius 1 is 1.03 bits per heavy atom. The number of amides is 1. The fraction of sp³-hybridized carbons (Fsp3) is 0.250. The zero-order valence-corrected chi connectivity index (χ0v) is 18.7. The van der Waals surface area contributed by atoms with Gasteiger partial charge >= 0.3 is 12.4 Å². The summed E-state index contributed by atoms with van der Waals surface area (Å²) < 4.78 is 79.7. The Morgan fingerprint density at radius 2 is 1.64 bits per heavy atom. The Balaban J connectivity index is 2.04. The Bertz CT molecular complexity index is 1110. The Morgan fingerprint density at radius 3 is 2.15 bits per heavy atom. The van der Waals surface area contributed by atoms with E-state index in [0.717, 1.165) is 12.1 Å². The van der Waals surface area contributed by atoms with Gasteiger partial charge in [-0.15, -0.1) is 0 Å². The predicted octanol–water partition coefficient (Wildman–Crippen LogP) is 6.49. The van der Waals surface area contributed by atoms with Crippen molar-refractivity contribution in [1.29, 1.82) is 0 Å². The lowest BCUT2D eigenvalue weighted by atomic mass is 9.90. The van der Waals surface area contributed by atoms with Crippen LogP contribution in [-0.2, 0) is 10.4 Å². The highest BCUT2D eigenvalue weighted by atomic mass is 35.5. The molecular formula is C20H13Cl3F6N2O2. The molecule has 1 aliphatic heterocycles. The third-order valence-electron chi connectivity index (χ3n) is 4.71. The van der Waals surface area contributed by atoms with Gasteiger partial charge < -0.3 is 5.32 Å². The highest BCUT2D eigenvalue weighted by Crippen LogP contribution is 2.54. The van der Waals surface area contributed by atoms with E-state index in [2.05, 4.69) is 5.48 Å². The lowest BCUT2D eigenvalue weighted by molar-refractivity contribution is -0.271. The number of carbonyl (C=O) groups is 1. The number of rotatable bonds is 4. The molecule has 0 aliphatic carbocycles. The van der Waals surface area contributed by atoms with Gasteiger partial charge in [0.1, 0.15) is 6.54 Å². The summed E-state index contributed by atoms with van der Waals surface area (Å²) in [5, 5.41) is 0.798. The van der Waals surface area contributed by atoms with Crippen molar-refractivity contribution in [2.75, 3.05) is 6.54 Å². The first-order chi connectivity index (χ1) is 15.2. The summed E-state index contributed by atoms with van der Waals surface area (Å²) in [6.07, 6.45) is -9.64. The van der Waals surface area contributed by atoms with Gasteiger partial charge in [-0.3, -0.25) is 10.3 Å². The van der Waals surface area contributed by atoms with E-state index in [1.165, 1.54) is 31.2 Å². The van der Waals surface area contributed by atoms with E-state index in [0.29, 0.717) is 0 Å². The van der Waals surface area contributed by atoms with Crippen LogP contribution >= 0.6 is 34.8 Å². The molecule has 1 heterocycles. The molecular weight excluding hydrogens is 521 g/mol. The van der Waals surface area contributed by atoms with Gasteiger partial charge in [0.05, 0.1) is 10.7 Å².